The lowest BCUT2D eigenvalue weighted by atomic mass is 10.5. The van der Waals surface area contributed by atoms with Gasteiger partial charge >= 0.3 is 0 Å². The Labute approximate surface area is 71.3 Å². The Morgan fingerprint density at radius 1 is 1.67 bits per heavy atom. The molecule has 0 aromatic carbocycles. The zero-order valence-electron chi connectivity index (χ0n) is 6.77. The molecule has 6 heteroatoms. The van der Waals surface area contributed by atoms with Gasteiger partial charge in [-0.15, -0.1) is 0 Å². The van der Waals surface area contributed by atoms with Gasteiger partial charge in [-0.2, -0.15) is 0 Å². The maximum absolute atomic E-state index is 10.7. The van der Waals surface area contributed by atoms with Gasteiger partial charge in [0.15, 0.2) is 0 Å². The van der Waals surface area contributed by atoms with Crippen LogP contribution in [-0.2, 0) is 22.3 Å². The van der Waals surface area contributed by atoms with Crippen LogP contribution in [0.5, 0.6) is 0 Å². The average molecular weight is 189 g/mol. The lowest BCUT2D eigenvalue weighted by Gasteiger charge is -2.02. The summed E-state index contributed by atoms with van der Waals surface area (Å²) in [6.45, 7) is 2.61. The molecular weight excluding hydrogens is 178 g/mol. The molecule has 0 fully saturated rings. The van der Waals surface area contributed by atoms with E-state index in [4.69, 9.17) is 5.14 Å². The minimum Gasteiger partial charge on any atom is -0.334 e. The van der Waals surface area contributed by atoms with Crippen LogP contribution in [0, 0.1) is 0 Å². The number of nitrogens with zero attached hydrogens (tertiary/aromatic N) is 2. The Kier molecular flexibility index (Phi) is 2.49. The van der Waals surface area contributed by atoms with Crippen molar-refractivity contribution in [3.05, 3.63) is 18.2 Å². The second-order valence-electron chi connectivity index (χ2n) is 2.48. The van der Waals surface area contributed by atoms with E-state index in [1.54, 1.807) is 10.9 Å². The molecule has 0 saturated heterocycles. The fraction of sp³-hybridized carbons (Fsp3) is 0.500. The van der Waals surface area contributed by atoms with Gasteiger partial charge in [0.05, 0.1) is 12.0 Å². The lowest BCUT2D eigenvalue weighted by molar-refractivity contribution is 0.594. The lowest BCUT2D eigenvalue weighted by Crippen LogP contribution is -2.16. The SMILES string of the molecule is CCn1cncc1CS(N)(=O)=O. The van der Waals surface area contributed by atoms with E-state index in [2.05, 4.69) is 4.98 Å². The minimum absolute atomic E-state index is 0.152. The van der Waals surface area contributed by atoms with E-state index >= 15 is 0 Å². The maximum atomic E-state index is 10.7. The van der Waals surface area contributed by atoms with Gasteiger partial charge in [-0.1, -0.05) is 0 Å². The molecule has 0 aliphatic heterocycles. The van der Waals surface area contributed by atoms with E-state index in [-0.39, 0.29) is 5.75 Å². The van der Waals surface area contributed by atoms with Crippen LogP contribution in [0.3, 0.4) is 0 Å². The Hall–Kier alpha value is -0.880. The molecule has 1 heterocycles. The number of aryl methyl sites for hydroxylation is 1. The predicted octanol–water partition coefficient (Wildman–Crippen LogP) is -0.308. The predicted molar refractivity (Wildman–Crippen MR) is 44.7 cm³/mol. The molecule has 0 aliphatic rings. The molecule has 0 spiro atoms. The van der Waals surface area contributed by atoms with Crippen LogP contribution in [0.2, 0.25) is 0 Å². The third-order valence-corrected chi connectivity index (χ3v) is 2.19. The largest absolute Gasteiger partial charge is 0.334 e. The van der Waals surface area contributed by atoms with Crippen LogP contribution in [-0.4, -0.2) is 18.0 Å². The topological polar surface area (TPSA) is 78.0 Å². The summed E-state index contributed by atoms with van der Waals surface area (Å²) in [4.78, 5) is 3.82. The minimum atomic E-state index is -3.44. The first-order valence-electron chi connectivity index (χ1n) is 3.52. The Morgan fingerprint density at radius 2 is 2.33 bits per heavy atom. The number of hydrogen-bond acceptors (Lipinski definition) is 3. The smallest absolute Gasteiger partial charge is 0.214 e. The van der Waals surface area contributed by atoms with Crippen molar-refractivity contribution in [2.45, 2.75) is 19.2 Å². The van der Waals surface area contributed by atoms with Crippen molar-refractivity contribution in [3.8, 4) is 0 Å². The fourth-order valence-electron chi connectivity index (χ4n) is 0.959. The molecule has 0 radical (unpaired) electrons. The monoisotopic (exact) mass is 189 g/mol. The van der Waals surface area contributed by atoms with Crippen LogP contribution in [0.15, 0.2) is 12.5 Å². The van der Waals surface area contributed by atoms with Gasteiger partial charge in [-0.3, -0.25) is 0 Å². The number of rotatable bonds is 3. The molecule has 0 bridgehead atoms. The number of primary sulfonamides is 1. The van der Waals surface area contributed by atoms with Crippen LogP contribution < -0.4 is 5.14 Å². The van der Waals surface area contributed by atoms with Gasteiger partial charge in [0.2, 0.25) is 10.0 Å². The van der Waals surface area contributed by atoms with E-state index in [9.17, 15) is 8.42 Å². The quantitative estimate of drug-likeness (QED) is 0.708. The van der Waals surface area contributed by atoms with E-state index < -0.39 is 10.0 Å². The highest BCUT2D eigenvalue weighted by Crippen LogP contribution is 2.02. The summed E-state index contributed by atoms with van der Waals surface area (Å²) in [5.74, 6) is -0.152. The van der Waals surface area contributed by atoms with E-state index in [1.165, 1.54) is 6.20 Å². The summed E-state index contributed by atoms with van der Waals surface area (Å²) < 4.78 is 23.1. The summed E-state index contributed by atoms with van der Waals surface area (Å²) in [5.41, 5.74) is 0.625. The summed E-state index contributed by atoms with van der Waals surface area (Å²) in [6.07, 6.45) is 3.09. The first-order chi connectivity index (χ1) is 5.53. The van der Waals surface area contributed by atoms with Crippen molar-refractivity contribution < 1.29 is 8.42 Å². The number of nitrogens with two attached hydrogens (primary N) is 1. The molecule has 5 nitrogen and oxygen atoms in total. The molecule has 12 heavy (non-hydrogen) atoms. The van der Waals surface area contributed by atoms with Gasteiger partial charge < -0.3 is 4.57 Å². The number of aromatic nitrogens is 2. The highest BCUT2D eigenvalue weighted by atomic mass is 32.2. The third kappa shape index (κ3) is 2.31. The Bertz CT molecular complexity index is 355. The number of sulfonamides is 1. The van der Waals surface area contributed by atoms with Crippen LogP contribution in [0.25, 0.3) is 0 Å². The normalized spacial score (nSPS) is 11.8. The van der Waals surface area contributed by atoms with Crippen LogP contribution in [0.1, 0.15) is 12.6 Å². The average Bonchev–Trinajstić information content (AvgIpc) is 2.31. The highest BCUT2D eigenvalue weighted by Gasteiger charge is 2.08. The van der Waals surface area contributed by atoms with Crippen molar-refractivity contribution in [2.75, 3.05) is 0 Å². The van der Waals surface area contributed by atoms with Gasteiger partial charge in [0.25, 0.3) is 0 Å². The molecule has 2 N–H and O–H groups in total. The second kappa shape index (κ2) is 3.24. The van der Waals surface area contributed by atoms with Gasteiger partial charge in [-0.05, 0) is 6.92 Å². The van der Waals surface area contributed by atoms with Crippen LogP contribution >= 0.6 is 0 Å². The standard InChI is InChI=1S/C6H11N3O2S/c1-2-9-5-8-3-6(9)4-12(7,10)11/h3,5H,2,4H2,1H3,(H2,7,10,11). The van der Waals surface area contributed by atoms with Crippen molar-refractivity contribution in [1.82, 2.24) is 9.55 Å². The zero-order valence-corrected chi connectivity index (χ0v) is 7.58. The van der Waals surface area contributed by atoms with Crippen molar-refractivity contribution in [3.63, 3.8) is 0 Å². The van der Waals surface area contributed by atoms with Crippen molar-refractivity contribution in [1.29, 1.82) is 0 Å². The molecule has 0 aliphatic carbocycles. The first kappa shape index (κ1) is 9.21. The van der Waals surface area contributed by atoms with Gasteiger partial charge in [-0.25, -0.2) is 18.5 Å². The molecule has 0 amide bonds. The fourth-order valence-corrected chi connectivity index (χ4v) is 1.61. The van der Waals surface area contributed by atoms with Crippen molar-refractivity contribution >= 4 is 10.0 Å². The van der Waals surface area contributed by atoms with Gasteiger partial charge in [0, 0.05) is 12.7 Å². The Morgan fingerprint density at radius 3 is 2.83 bits per heavy atom. The summed E-state index contributed by atoms with van der Waals surface area (Å²) >= 11 is 0. The van der Waals surface area contributed by atoms with E-state index in [0.717, 1.165) is 0 Å². The summed E-state index contributed by atoms with van der Waals surface area (Å²) in [7, 11) is -3.44. The molecule has 68 valence electrons. The summed E-state index contributed by atoms with van der Waals surface area (Å²) in [5, 5.41) is 4.88. The molecule has 1 rings (SSSR count). The van der Waals surface area contributed by atoms with Crippen molar-refractivity contribution in [2.24, 2.45) is 5.14 Å². The molecule has 0 atom stereocenters. The van der Waals surface area contributed by atoms with Gasteiger partial charge in [0.1, 0.15) is 5.75 Å². The molecule has 1 aromatic heterocycles. The number of imidazole rings is 1. The molecular formula is C6H11N3O2S. The van der Waals surface area contributed by atoms with E-state index in [1.807, 2.05) is 6.92 Å². The van der Waals surface area contributed by atoms with Crippen LogP contribution in [0.4, 0.5) is 0 Å². The summed E-state index contributed by atoms with van der Waals surface area (Å²) in [6, 6.07) is 0. The molecule has 0 unspecified atom stereocenters. The zero-order chi connectivity index (χ0) is 9.19. The Balaban J connectivity index is 2.89. The maximum Gasteiger partial charge on any atom is 0.214 e. The van der Waals surface area contributed by atoms with E-state index in [0.29, 0.717) is 12.2 Å². The highest BCUT2D eigenvalue weighted by molar-refractivity contribution is 7.88. The molecule has 0 saturated carbocycles. The third-order valence-electron chi connectivity index (χ3n) is 1.49. The first-order valence-corrected chi connectivity index (χ1v) is 5.24. The number of hydrogen-bond donors (Lipinski definition) is 1. The molecule has 1 aromatic rings. The second-order valence-corrected chi connectivity index (χ2v) is 4.09.